The Morgan fingerprint density at radius 1 is 1.67 bits per heavy atom. The summed E-state index contributed by atoms with van der Waals surface area (Å²) in [6, 6.07) is 0. The first kappa shape index (κ1) is 12.0. The molecule has 1 aliphatic heterocycles. The van der Waals surface area contributed by atoms with E-state index < -0.39 is 0 Å². The van der Waals surface area contributed by atoms with E-state index in [9.17, 15) is 4.79 Å². The fourth-order valence-electron chi connectivity index (χ4n) is 1.58. The van der Waals surface area contributed by atoms with E-state index in [1.54, 1.807) is 6.20 Å². The minimum absolute atomic E-state index is 0.312. The molecule has 1 fully saturated rings. The van der Waals surface area contributed by atoms with Gasteiger partial charge in [-0.2, -0.15) is 0 Å². The van der Waals surface area contributed by atoms with E-state index in [1.807, 2.05) is 0 Å². The number of methoxy groups -OCH3 is 1. The van der Waals surface area contributed by atoms with Crippen LogP contribution in [0.15, 0.2) is 12.3 Å². The highest BCUT2D eigenvalue weighted by Gasteiger charge is 2.16. The number of rotatable bonds is 5. The van der Waals surface area contributed by atoms with Gasteiger partial charge in [0.2, 0.25) is 0 Å². The molecule has 0 aromatic carbocycles. The van der Waals surface area contributed by atoms with E-state index in [0.29, 0.717) is 6.10 Å². The Hall–Kier alpha value is -1.03. The molecule has 1 atom stereocenters. The monoisotopic (exact) mass is 213 g/mol. The van der Waals surface area contributed by atoms with Crippen molar-refractivity contribution in [1.82, 2.24) is 4.90 Å². The summed E-state index contributed by atoms with van der Waals surface area (Å²) in [6.45, 7) is 4.64. The van der Waals surface area contributed by atoms with Gasteiger partial charge < -0.3 is 14.4 Å². The van der Waals surface area contributed by atoms with Crippen LogP contribution in [0.4, 0.5) is 0 Å². The molecule has 0 radical (unpaired) electrons. The van der Waals surface area contributed by atoms with Crippen LogP contribution < -0.4 is 0 Å². The van der Waals surface area contributed by atoms with Crippen molar-refractivity contribution in [2.75, 3.05) is 26.8 Å². The van der Waals surface area contributed by atoms with E-state index in [-0.39, 0.29) is 5.97 Å². The third kappa shape index (κ3) is 4.34. The summed E-state index contributed by atoms with van der Waals surface area (Å²) in [6.07, 6.45) is 5.78. The molecule has 4 heteroatoms. The highest BCUT2D eigenvalue weighted by Crippen LogP contribution is 2.13. The van der Waals surface area contributed by atoms with Crippen LogP contribution in [0.2, 0.25) is 0 Å². The van der Waals surface area contributed by atoms with Gasteiger partial charge in [-0.1, -0.05) is 0 Å². The molecular formula is C11H19NO3. The molecule has 0 saturated carbocycles. The number of nitrogens with zero attached hydrogens (tertiary/aromatic N) is 1. The Morgan fingerprint density at radius 2 is 2.47 bits per heavy atom. The minimum atomic E-state index is -0.319. The number of esters is 1. The first-order valence-electron chi connectivity index (χ1n) is 5.38. The van der Waals surface area contributed by atoms with Gasteiger partial charge in [-0.15, -0.1) is 0 Å². The van der Waals surface area contributed by atoms with Crippen molar-refractivity contribution in [2.45, 2.75) is 25.9 Å². The number of hydrogen-bond donors (Lipinski definition) is 0. The van der Waals surface area contributed by atoms with Crippen LogP contribution in [-0.4, -0.2) is 43.8 Å². The molecule has 1 aliphatic rings. The van der Waals surface area contributed by atoms with Gasteiger partial charge in [0.1, 0.15) is 0 Å². The van der Waals surface area contributed by atoms with Gasteiger partial charge in [0.05, 0.1) is 13.2 Å². The summed E-state index contributed by atoms with van der Waals surface area (Å²) in [7, 11) is 1.38. The quantitative estimate of drug-likeness (QED) is 0.507. The maximum Gasteiger partial charge on any atom is 0.331 e. The zero-order chi connectivity index (χ0) is 11.1. The van der Waals surface area contributed by atoms with Gasteiger partial charge in [0, 0.05) is 32.0 Å². The number of ether oxygens (including phenoxy) is 2. The van der Waals surface area contributed by atoms with Crippen LogP contribution >= 0.6 is 0 Å². The maximum atomic E-state index is 10.9. The van der Waals surface area contributed by atoms with Gasteiger partial charge in [-0.05, 0) is 19.8 Å². The Bertz CT molecular complexity index is 222. The summed E-state index contributed by atoms with van der Waals surface area (Å²) in [4.78, 5) is 13.0. The van der Waals surface area contributed by atoms with Gasteiger partial charge in [-0.25, -0.2) is 4.79 Å². The van der Waals surface area contributed by atoms with Crippen LogP contribution in [-0.2, 0) is 14.3 Å². The highest BCUT2D eigenvalue weighted by atomic mass is 16.5. The molecular weight excluding hydrogens is 194 g/mol. The molecule has 1 heterocycles. The van der Waals surface area contributed by atoms with Gasteiger partial charge in [0.25, 0.3) is 0 Å². The summed E-state index contributed by atoms with van der Waals surface area (Å²) >= 11 is 0. The smallest absolute Gasteiger partial charge is 0.331 e. The second-order valence-corrected chi connectivity index (χ2v) is 3.56. The topological polar surface area (TPSA) is 38.8 Å². The molecule has 4 nitrogen and oxygen atoms in total. The Kier molecular flexibility index (Phi) is 5.18. The summed E-state index contributed by atoms with van der Waals surface area (Å²) in [5.41, 5.74) is 0. The Balaban J connectivity index is 2.34. The lowest BCUT2D eigenvalue weighted by Gasteiger charge is -2.21. The third-order valence-electron chi connectivity index (χ3n) is 2.49. The van der Waals surface area contributed by atoms with Crippen molar-refractivity contribution in [2.24, 2.45) is 0 Å². The zero-order valence-corrected chi connectivity index (χ0v) is 9.44. The van der Waals surface area contributed by atoms with Crippen molar-refractivity contribution in [3.8, 4) is 0 Å². The number of carbonyl (C=O) groups is 1. The van der Waals surface area contributed by atoms with Crippen LogP contribution in [0.25, 0.3) is 0 Å². The standard InChI is InChI=1S/C11H19NO3/c1-3-12(7-6-11(13)14-2)9-10-5-4-8-15-10/h6-7,10H,3-5,8-9H2,1-2H3. The fourth-order valence-corrected chi connectivity index (χ4v) is 1.58. The molecule has 0 aliphatic carbocycles. The lowest BCUT2D eigenvalue weighted by Crippen LogP contribution is -2.27. The summed E-state index contributed by atoms with van der Waals surface area (Å²) in [5.74, 6) is -0.319. The van der Waals surface area contributed by atoms with E-state index >= 15 is 0 Å². The summed E-state index contributed by atoms with van der Waals surface area (Å²) < 4.78 is 10.1. The van der Waals surface area contributed by atoms with E-state index in [1.165, 1.54) is 13.2 Å². The lowest BCUT2D eigenvalue weighted by molar-refractivity contribution is -0.134. The number of hydrogen-bond acceptors (Lipinski definition) is 4. The molecule has 15 heavy (non-hydrogen) atoms. The molecule has 1 unspecified atom stereocenters. The van der Waals surface area contributed by atoms with Crippen molar-refractivity contribution < 1.29 is 14.3 Å². The van der Waals surface area contributed by atoms with Crippen molar-refractivity contribution >= 4 is 5.97 Å². The number of likely N-dealkylation sites (N-methyl/N-ethyl adjacent to an activating group) is 1. The maximum absolute atomic E-state index is 10.9. The normalized spacial score (nSPS) is 20.8. The molecule has 0 aromatic heterocycles. The van der Waals surface area contributed by atoms with E-state index in [0.717, 1.165) is 32.5 Å². The van der Waals surface area contributed by atoms with Gasteiger partial charge in [-0.3, -0.25) is 0 Å². The predicted octanol–water partition coefficient (Wildman–Crippen LogP) is 1.17. The molecule has 0 bridgehead atoms. The minimum Gasteiger partial charge on any atom is -0.466 e. The first-order chi connectivity index (χ1) is 7.26. The van der Waals surface area contributed by atoms with Crippen LogP contribution in [0.1, 0.15) is 19.8 Å². The van der Waals surface area contributed by atoms with Gasteiger partial charge >= 0.3 is 5.97 Å². The highest BCUT2D eigenvalue weighted by molar-refractivity contribution is 5.81. The molecule has 0 amide bonds. The average Bonchev–Trinajstić information content (AvgIpc) is 2.76. The molecule has 86 valence electrons. The van der Waals surface area contributed by atoms with Crippen molar-refractivity contribution in [3.05, 3.63) is 12.3 Å². The zero-order valence-electron chi connectivity index (χ0n) is 9.44. The third-order valence-corrected chi connectivity index (χ3v) is 2.49. The fraction of sp³-hybridized carbons (Fsp3) is 0.727. The Labute approximate surface area is 90.8 Å². The first-order valence-corrected chi connectivity index (χ1v) is 5.38. The molecule has 1 rings (SSSR count). The molecule has 0 spiro atoms. The molecule has 0 N–H and O–H groups in total. The van der Waals surface area contributed by atoms with Crippen LogP contribution in [0.3, 0.4) is 0 Å². The number of carbonyl (C=O) groups excluding carboxylic acids is 1. The average molecular weight is 213 g/mol. The lowest BCUT2D eigenvalue weighted by atomic mass is 10.2. The molecule has 1 saturated heterocycles. The Morgan fingerprint density at radius 3 is 3.00 bits per heavy atom. The van der Waals surface area contributed by atoms with Crippen molar-refractivity contribution in [3.63, 3.8) is 0 Å². The SMILES string of the molecule is CCN(C=CC(=O)OC)CC1CCCO1. The predicted molar refractivity (Wildman–Crippen MR) is 57.4 cm³/mol. The second-order valence-electron chi connectivity index (χ2n) is 3.56. The van der Waals surface area contributed by atoms with Crippen molar-refractivity contribution in [1.29, 1.82) is 0 Å². The van der Waals surface area contributed by atoms with E-state index in [4.69, 9.17) is 4.74 Å². The second kappa shape index (κ2) is 6.45. The molecule has 0 aromatic rings. The van der Waals surface area contributed by atoms with Crippen LogP contribution in [0.5, 0.6) is 0 Å². The largest absolute Gasteiger partial charge is 0.466 e. The van der Waals surface area contributed by atoms with E-state index in [2.05, 4.69) is 16.6 Å². The van der Waals surface area contributed by atoms with Gasteiger partial charge in [0.15, 0.2) is 0 Å². The summed E-state index contributed by atoms with van der Waals surface area (Å²) in [5, 5.41) is 0. The van der Waals surface area contributed by atoms with Crippen LogP contribution in [0, 0.1) is 0 Å².